The van der Waals surface area contributed by atoms with Gasteiger partial charge < -0.3 is 15.1 Å². The van der Waals surface area contributed by atoms with Gasteiger partial charge in [-0.25, -0.2) is 4.39 Å². The number of hydrogen-bond donors (Lipinski definition) is 1. The van der Waals surface area contributed by atoms with Gasteiger partial charge in [0.2, 0.25) is 5.91 Å². The SMILES string of the molecule is O=C(NCCN1CCN(c2ccc(F)cc2)CC1)C1CCCN1C(=O)c1ccccc1. The summed E-state index contributed by atoms with van der Waals surface area (Å²) in [7, 11) is 0. The van der Waals surface area contributed by atoms with Crippen LogP contribution in [0, 0.1) is 5.82 Å². The van der Waals surface area contributed by atoms with Crippen molar-refractivity contribution >= 4 is 17.5 Å². The second-order valence-corrected chi connectivity index (χ2v) is 8.12. The van der Waals surface area contributed by atoms with Gasteiger partial charge in [0.05, 0.1) is 0 Å². The lowest BCUT2D eigenvalue weighted by Gasteiger charge is -2.36. The molecule has 0 saturated carbocycles. The van der Waals surface area contributed by atoms with Crippen molar-refractivity contribution in [1.29, 1.82) is 0 Å². The van der Waals surface area contributed by atoms with Crippen molar-refractivity contribution in [2.45, 2.75) is 18.9 Å². The van der Waals surface area contributed by atoms with Crippen LogP contribution in [0.5, 0.6) is 0 Å². The van der Waals surface area contributed by atoms with E-state index < -0.39 is 0 Å². The minimum absolute atomic E-state index is 0.0632. The lowest BCUT2D eigenvalue weighted by Crippen LogP contribution is -2.50. The molecular formula is C24H29FN4O2. The van der Waals surface area contributed by atoms with Gasteiger partial charge >= 0.3 is 0 Å². The van der Waals surface area contributed by atoms with Gasteiger partial charge in [-0.1, -0.05) is 18.2 Å². The van der Waals surface area contributed by atoms with E-state index in [1.165, 1.54) is 12.1 Å². The van der Waals surface area contributed by atoms with Crippen molar-refractivity contribution in [3.63, 3.8) is 0 Å². The molecule has 2 aromatic carbocycles. The van der Waals surface area contributed by atoms with Crippen LogP contribution in [0.15, 0.2) is 54.6 Å². The maximum Gasteiger partial charge on any atom is 0.254 e. The molecule has 7 heteroatoms. The van der Waals surface area contributed by atoms with E-state index in [0.29, 0.717) is 25.1 Å². The van der Waals surface area contributed by atoms with Crippen molar-refractivity contribution in [2.75, 3.05) is 50.7 Å². The molecule has 2 heterocycles. The molecule has 2 aliphatic heterocycles. The molecule has 6 nitrogen and oxygen atoms in total. The van der Waals surface area contributed by atoms with Crippen LogP contribution in [0.25, 0.3) is 0 Å². The van der Waals surface area contributed by atoms with Crippen LogP contribution in [0.4, 0.5) is 10.1 Å². The third-order valence-corrected chi connectivity index (χ3v) is 6.13. The van der Waals surface area contributed by atoms with E-state index in [4.69, 9.17) is 0 Å². The number of anilines is 1. The highest BCUT2D eigenvalue weighted by molar-refractivity contribution is 5.97. The maximum atomic E-state index is 13.1. The summed E-state index contributed by atoms with van der Waals surface area (Å²) >= 11 is 0. The number of halogens is 1. The zero-order chi connectivity index (χ0) is 21.6. The normalized spacial score (nSPS) is 19.5. The van der Waals surface area contributed by atoms with Gasteiger partial charge in [0.1, 0.15) is 11.9 Å². The first kappa shape index (κ1) is 21.3. The Morgan fingerprint density at radius 3 is 2.35 bits per heavy atom. The number of amides is 2. The molecule has 0 aliphatic carbocycles. The Labute approximate surface area is 182 Å². The smallest absolute Gasteiger partial charge is 0.254 e. The lowest BCUT2D eigenvalue weighted by atomic mass is 10.1. The molecule has 0 spiro atoms. The van der Waals surface area contributed by atoms with Crippen molar-refractivity contribution in [3.8, 4) is 0 Å². The summed E-state index contributed by atoms with van der Waals surface area (Å²) in [5.41, 5.74) is 1.67. The van der Waals surface area contributed by atoms with Gasteiger partial charge in [0.15, 0.2) is 0 Å². The number of carbonyl (C=O) groups excluding carboxylic acids is 2. The van der Waals surface area contributed by atoms with Crippen LogP contribution < -0.4 is 10.2 Å². The molecule has 0 aromatic heterocycles. The van der Waals surface area contributed by atoms with Crippen LogP contribution >= 0.6 is 0 Å². The number of likely N-dealkylation sites (tertiary alicyclic amines) is 1. The maximum absolute atomic E-state index is 13.1. The number of nitrogens with one attached hydrogen (secondary N) is 1. The lowest BCUT2D eigenvalue weighted by molar-refractivity contribution is -0.124. The first-order valence-electron chi connectivity index (χ1n) is 11.0. The minimum atomic E-state index is -0.386. The number of benzene rings is 2. The average Bonchev–Trinajstić information content (AvgIpc) is 3.30. The number of hydrogen-bond acceptors (Lipinski definition) is 4. The first-order chi connectivity index (χ1) is 15.1. The molecule has 164 valence electrons. The summed E-state index contributed by atoms with van der Waals surface area (Å²) in [5, 5.41) is 3.03. The summed E-state index contributed by atoms with van der Waals surface area (Å²) in [5.74, 6) is -0.355. The summed E-state index contributed by atoms with van der Waals surface area (Å²) in [4.78, 5) is 31.8. The molecular weight excluding hydrogens is 395 g/mol. The summed E-state index contributed by atoms with van der Waals surface area (Å²) in [6, 6.07) is 15.4. The zero-order valence-corrected chi connectivity index (χ0v) is 17.7. The van der Waals surface area contributed by atoms with Crippen LogP contribution in [-0.2, 0) is 4.79 Å². The Morgan fingerprint density at radius 2 is 1.65 bits per heavy atom. The van der Waals surface area contributed by atoms with Crippen LogP contribution in [0.2, 0.25) is 0 Å². The van der Waals surface area contributed by atoms with Gasteiger partial charge in [-0.2, -0.15) is 0 Å². The standard InChI is InChI=1S/C24H29FN4O2/c25-20-8-10-21(11-9-20)28-17-15-27(16-18-28)14-12-26-23(30)22-7-4-13-29(22)24(31)19-5-2-1-3-6-19/h1-3,5-6,8-11,22H,4,7,12-18H2,(H,26,30). The molecule has 2 aliphatic rings. The van der Waals surface area contributed by atoms with Gasteiger partial charge in [0.25, 0.3) is 5.91 Å². The van der Waals surface area contributed by atoms with Crippen molar-refractivity contribution in [2.24, 2.45) is 0 Å². The molecule has 1 atom stereocenters. The average molecular weight is 425 g/mol. The first-order valence-corrected chi connectivity index (χ1v) is 11.0. The van der Waals surface area contributed by atoms with Gasteiger partial charge in [0, 0.05) is 57.1 Å². The molecule has 0 radical (unpaired) electrons. The van der Waals surface area contributed by atoms with Crippen molar-refractivity contribution < 1.29 is 14.0 Å². The Bertz CT molecular complexity index is 882. The number of piperazine rings is 1. The number of carbonyl (C=O) groups is 2. The monoisotopic (exact) mass is 424 g/mol. The van der Waals surface area contributed by atoms with E-state index in [9.17, 15) is 14.0 Å². The molecule has 2 fully saturated rings. The van der Waals surface area contributed by atoms with E-state index >= 15 is 0 Å². The highest BCUT2D eigenvalue weighted by Gasteiger charge is 2.34. The fourth-order valence-electron chi connectivity index (χ4n) is 4.37. The van der Waals surface area contributed by atoms with E-state index in [1.54, 1.807) is 17.0 Å². The largest absolute Gasteiger partial charge is 0.369 e. The summed E-state index contributed by atoms with van der Waals surface area (Å²) in [6.45, 7) is 5.52. The zero-order valence-electron chi connectivity index (χ0n) is 17.7. The minimum Gasteiger partial charge on any atom is -0.369 e. The van der Waals surface area contributed by atoms with Crippen LogP contribution in [0.3, 0.4) is 0 Å². The molecule has 31 heavy (non-hydrogen) atoms. The molecule has 2 saturated heterocycles. The molecule has 2 amide bonds. The van der Waals surface area contributed by atoms with Crippen LogP contribution in [-0.4, -0.2) is 73.5 Å². The fraction of sp³-hybridized carbons (Fsp3) is 0.417. The Kier molecular flexibility index (Phi) is 6.82. The van der Waals surface area contributed by atoms with Crippen molar-refractivity contribution in [1.82, 2.24) is 15.1 Å². The Balaban J connectivity index is 1.21. The van der Waals surface area contributed by atoms with E-state index in [1.807, 2.05) is 30.3 Å². The summed E-state index contributed by atoms with van der Waals surface area (Å²) in [6.07, 6.45) is 1.56. The molecule has 4 rings (SSSR count). The predicted molar refractivity (Wildman–Crippen MR) is 119 cm³/mol. The number of rotatable bonds is 6. The third kappa shape index (κ3) is 5.22. The van der Waals surface area contributed by atoms with Gasteiger partial charge in [-0.3, -0.25) is 14.5 Å². The molecule has 0 bridgehead atoms. The predicted octanol–water partition coefficient (Wildman–Crippen LogP) is 2.37. The van der Waals surface area contributed by atoms with Crippen LogP contribution in [0.1, 0.15) is 23.2 Å². The number of nitrogens with zero attached hydrogens (tertiary/aromatic N) is 3. The second-order valence-electron chi connectivity index (χ2n) is 8.12. The summed E-state index contributed by atoms with van der Waals surface area (Å²) < 4.78 is 13.1. The molecule has 2 aromatic rings. The van der Waals surface area contributed by atoms with Gasteiger partial charge in [-0.05, 0) is 49.2 Å². The van der Waals surface area contributed by atoms with Crippen molar-refractivity contribution in [3.05, 3.63) is 66.0 Å². The molecule has 1 unspecified atom stereocenters. The van der Waals surface area contributed by atoms with Gasteiger partial charge in [-0.15, -0.1) is 0 Å². The second kappa shape index (κ2) is 9.92. The molecule has 1 N–H and O–H groups in total. The van der Waals surface area contributed by atoms with E-state index in [-0.39, 0.29) is 23.7 Å². The Morgan fingerprint density at radius 1 is 0.935 bits per heavy atom. The van der Waals surface area contributed by atoms with E-state index in [0.717, 1.165) is 44.8 Å². The quantitative estimate of drug-likeness (QED) is 0.774. The Hall–Kier alpha value is -2.93. The fourth-order valence-corrected chi connectivity index (χ4v) is 4.37. The highest BCUT2D eigenvalue weighted by atomic mass is 19.1. The van der Waals surface area contributed by atoms with E-state index in [2.05, 4.69) is 15.1 Å². The highest BCUT2D eigenvalue weighted by Crippen LogP contribution is 2.20. The third-order valence-electron chi connectivity index (χ3n) is 6.13. The topological polar surface area (TPSA) is 55.9 Å².